The van der Waals surface area contributed by atoms with Crippen LogP contribution in [0.1, 0.15) is 34.5 Å². The van der Waals surface area contributed by atoms with Crippen LogP contribution in [0.4, 0.5) is 0 Å². The molecular formula is C17H23N3O. The first-order chi connectivity index (χ1) is 10.1. The number of nitrogens with one attached hydrogen (secondary N) is 2. The number of H-pyrrole nitrogens is 1. The number of carbonyl (C=O) groups excluding carboxylic acids is 1. The highest BCUT2D eigenvalue weighted by Gasteiger charge is 2.21. The van der Waals surface area contributed by atoms with Gasteiger partial charge in [-0.2, -0.15) is 0 Å². The van der Waals surface area contributed by atoms with Gasteiger partial charge < -0.3 is 15.2 Å². The standard InChI is InChI=1S/C17H23N3O/c1-11-12(2)18-16-14(11)7-4-8-15(16)17(21)19-13-6-5-9-20(3)10-13/h4,7-8,13,18H,5-6,9-10H2,1-3H3,(H,19,21)/t13-/m0/s1. The SMILES string of the molecule is Cc1[nH]c2c(C(=O)N[C@H]3CCCN(C)C3)cccc2c1C. The highest BCUT2D eigenvalue weighted by Crippen LogP contribution is 2.24. The Hall–Kier alpha value is -1.81. The van der Waals surface area contributed by atoms with Crippen molar-refractivity contribution in [2.24, 2.45) is 0 Å². The molecule has 1 aliphatic rings. The van der Waals surface area contributed by atoms with Crippen molar-refractivity contribution in [3.05, 3.63) is 35.0 Å². The number of hydrogen-bond donors (Lipinski definition) is 2. The molecule has 0 radical (unpaired) electrons. The lowest BCUT2D eigenvalue weighted by Crippen LogP contribution is -2.46. The number of likely N-dealkylation sites (N-methyl/N-ethyl adjacent to an activating group) is 1. The average molecular weight is 285 g/mol. The molecule has 2 heterocycles. The minimum Gasteiger partial charge on any atom is -0.358 e. The van der Waals surface area contributed by atoms with E-state index in [0.717, 1.165) is 48.1 Å². The third kappa shape index (κ3) is 2.68. The number of aromatic amines is 1. The minimum atomic E-state index is 0.0298. The van der Waals surface area contributed by atoms with Crippen LogP contribution >= 0.6 is 0 Å². The number of rotatable bonds is 2. The molecule has 2 aromatic rings. The van der Waals surface area contributed by atoms with Gasteiger partial charge >= 0.3 is 0 Å². The summed E-state index contributed by atoms with van der Waals surface area (Å²) in [6.07, 6.45) is 2.21. The Labute approximate surface area is 125 Å². The first kappa shape index (κ1) is 14.1. The van der Waals surface area contributed by atoms with Crippen LogP contribution in [0.15, 0.2) is 18.2 Å². The molecule has 1 aromatic heterocycles. The molecule has 1 amide bonds. The fourth-order valence-electron chi connectivity index (χ4n) is 3.22. The predicted molar refractivity (Wildman–Crippen MR) is 85.8 cm³/mol. The zero-order valence-electron chi connectivity index (χ0n) is 13.0. The Balaban J connectivity index is 1.86. The number of hydrogen-bond acceptors (Lipinski definition) is 2. The number of carbonyl (C=O) groups is 1. The molecule has 1 aromatic carbocycles. The third-order valence-corrected chi connectivity index (χ3v) is 4.55. The summed E-state index contributed by atoms with van der Waals surface area (Å²) in [5, 5.41) is 4.33. The summed E-state index contributed by atoms with van der Waals surface area (Å²) in [4.78, 5) is 18.2. The van der Waals surface area contributed by atoms with E-state index in [9.17, 15) is 4.79 Å². The predicted octanol–water partition coefficient (Wildman–Crippen LogP) is 2.61. The maximum absolute atomic E-state index is 12.6. The van der Waals surface area contributed by atoms with Gasteiger partial charge in [0.05, 0.1) is 11.1 Å². The summed E-state index contributed by atoms with van der Waals surface area (Å²) >= 11 is 0. The highest BCUT2D eigenvalue weighted by molar-refractivity contribution is 6.06. The molecule has 4 heteroatoms. The van der Waals surface area contributed by atoms with Crippen LogP contribution in [0.25, 0.3) is 10.9 Å². The second kappa shape index (κ2) is 5.53. The van der Waals surface area contributed by atoms with Gasteiger partial charge in [0.1, 0.15) is 0 Å². The molecule has 0 saturated carbocycles. The number of fused-ring (bicyclic) bond motifs is 1. The number of para-hydroxylation sites is 1. The van der Waals surface area contributed by atoms with E-state index in [1.807, 2.05) is 19.1 Å². The molecule has 21 heavy (non-hydrogen) atoms. The quantitative estimate of drug-likeness (QED) is 0.891. The maximum Gasteiger partial charge on any atom is 0.253 e. The number of aromatic nitrogens is 1. The molecule has 1 atom stereocenters. The Morgan fingerprint density at radius 1 is 1.38 bits per heavy atom. The molecule has 2 N–H and O–H groups in total. The largest absolute Gasteiger partial charge is 0.358 e. The van der Waals surface area contributed by atoms with Crippen molar-refractivity contribution in [2.75, 3.05) is 20.1 Å². The van der Waals surface area contributed by atoms with Gasteiger partial charge in [0, 0.05) is 23.7 Å². The van der Waals surface area contributed by atoms with Crippen molar-refractivity contribution in [2.45, 2.75) is 32.7 Å². The lowest BCUT2D eigenvalue weighted by atomic mass is 10.0. The molecule has 1 aliphatic heterocycles. The lowest BCUT2D eigenvalue weighted by Gasteiger charge is -2.30. The van der Waals surface area contributed by atoms with E-state index in [-0.39, 0.29) is 11.9 Å². The van der Waals surface area contributed by atoms with Crippen LogP contribution < -0.4 is 5.32 Å². The Morgan fingerprint density at radius 2 is 2.19 bits per heavy atom. The summed E-state index contributed by atoms with van der Waals surface area (Å²) in [6.45, 7) is 6.19. The van der Waals surface area contributed by atoms with Crippen molar-refractivity contribution >= 4 is 16.8 Å². The smallest absolute Gasteiger partial charge is 0.253 e. The normalized spacial score (nSPS) is 19.9. The van der Waals surface area contributed by atoms with Gasteiger partial charge in [0.15, 0.2) is 0 Å². The van der Waals surface area contributed by atoms with Crippen molar-refractivity contribution in [3.8, 4) is 0 Å². The van der Waals surface area contributed by atoms with E-state index in [4.69, 9.17) is 0 Å². The number of nitrogens with zero attached hydrogens (tertiary/aromatic N) is 1. The third-order valence-electron chi connectivity index (χ3n) is 4.55. The first-order valence-electron chi connectivity index (χ1n) is 7.63. The Morgan fingerprint density at radius 3 is 2.95 bits per heavy atom. The molecular weight excluding hydrogens is 262 g/mol. The fourth-order valence-corrected chi connectivity index (χ4v) is 3.22. The average Bonchev–Trinajstić information content (AvgIpc) is 2.74. The Bertz CT molecular complexity index is 674. The summed E-state index contributed by atoms with van der Waals surface area (Å²) < 4.78 is 0. The van der Waals surface area contributed by atoms with Crippen LogP contribution in [-0.4, -0.2) is 42.0 Å². The van der Waals surface area contributed by atoms with Crippen molar-refractivity contribution < 1.29 is 4.79 Å². The molecule has 0 unspecified atom stereocenters. The van der Waals surface area contributed by atoms with Crippen LogP contribution in [0.5, 0.6) is 0 Å². The van der Waals surface area contributed by atoms with Crippen molar-refractivity contribution in [1.29, 1.82) is 0 Å². The lowest BCUT2D eigenvalue weighted by molar-refractivity contribution is 0.0914. The maximum atomic E-state index is 12.6. The van der Waals surface area contributed by atoms with Gasteiger partial charge in [0.25, 0.3) is 5.91 Å². The van der Waals surface area contributed by atoms with E-state index >= 15 is 0 Å². The van der Waals surface area contributed by atoms with Crippen LogP contribution in [-0.2, 0) is 0 Å². The zero-order valence-corrected chi connectivity index (χ0v) is 13.0. The molecule has 1 saturated heterocycles. The summed E-state index contributed by atoms with van der Waals surface area (Å²) in [5.41, 5.74) is 4.05. The topological polar surface area (TPSA) is 48.1 Å². The van der Waals surface area contributed by atoms with Gasteiger partial charge in [-0.05, 0) is 51.9 Å². The van der Waals surface area contributed by atoms with E-state index < -0.39 is 0 Å². The fraction of sp³-hybridized carbons (Fsp3) is 0.471. The van der Waals surface area contributed by atoms with Crippen LogP contribution in [0.3, 0.4) is 0 Å². The molecule has 4 nitrogen and oxygen atoms in total. The number of likely N-dealkylation sites (tertiary alicyclic amines) is 1. The molecule has 3 rings (SSSR count). The van der Waals surface area contributed by atoms with Crippen molar-refractivity contribution in [3.63, 3.8) is 0 Å². The Kier molecular flexibility index (Phi) is 3.72. The molecule has 0 bridgehead atoms. The molecule has 1 fully saturated rings. The van der Waals surface area contributed by atoms with Gasteiger partial charge in [0.2, 0.25) is 0 Å². The summed E-state index contributed by atoms with van der Waals surface area (Å²) in [6, 6.07) is 6.19. The minimum absolute atomic E-state index is 0.0298. The van der Waals surface area contributed by atoms with Crippen LogP contribution in [0, 0.1) is 13.8 Å². The number of amides is 1. The molecule has 0 aliphatic carbocycles. The monoisotopic (exact) mass is 285 g/mol. The van der Waals surface area contributed by atoms with Gasteiger partial charge in [-0.15, -0.1) is 0 Å². The van der Waals surface area contributed by atoms with E-state index in [1.165, 1.54) is 5.56 Å². The first-order valence-corrected chi connectivity index (χ1v) is 7.63. The number of piperidine rings is 1. The van der Waals surface area contributed by atoms with Gasteiger partial charge in [-0.25, -0.2) is 0 Å². The molecule has 0 spiro atoms. The second-order valence-electron chi connectivity index (χ2n) is 6.18. The number of aryl methyl sites for hydroxylation is 2. The van der Waals surface area contributed by atoms with E-state index in [1.54, 1.807) is 0 Å². The summed E-state index contributed by atoms with van der Waals surface area (Å²) in [7, 11) is 2.11. The zero-order chi connectivity index (χ0) is 15.0. The second-order valence-corrected chi connectivity index (χ2v) is 6.18. The molecule has 112 valence electrons. The van der Waals surface area contributed by atoms with Gasteiger partial charge in [-0.3, -0.25) is 4.79 Å². The summed E-state index contributed by atoms with van der Waals surface area (Å²) in [5.74, 6) is 0.0298. The number of benzene rings is 1. The van der Waals surface area contributed by atoms with Crippen molar-refractivity contribution in [1.82, 2.24) is 15.2 Å². The van der Waals surface area contributed by atoms with E-state index in [0.29, 0.717) is 0 Å². The van der Waals surface area contributed by atoms with E-state index in [2.05, 4.69) is 35.2 Å². The van der Waals surface area contributed by atoms with Crippen LogP contribution in [0.2, 0.25) is 0 Å². The van der Waals surface area contributed by atoms with Gasteiger partial charge in [-0.1, -0.05) is 12.1 Å². The highest BCUT2D eigenvalue weighted by atomic mass is 16.1.